The second-order valence-corrected chi connectivity index (χ2v) is 8.89. The molecule has 0 saturated heterocycles. The predicted octanol–water partition coefficient (Wildman–Crippen LogP) is 5.92. The van der Waals surface area contributed by atoms with Gasteiger partial charge in [0.1, 0.15) is 0 Å². The van der Waals surface area contributed by atoms with Crippen molar-refractivity contribution in [1.29, 1.82) is 0 Å². The molecular formula is C26H25N3O2S. The molecule has 0 N–H and O–H groups in total. The van der Waals surface area contributed by atoms with E-state index >= 15 is 0 Å². The Bertz CT molecular complexity index is 1200. The SMILES string of the molecule is Cc1ccc(SCc2ccc(C(=O)N(C)Cc3nc(-c4cccc(C)c4)no3)cc2)cc1. The second kappa shape index (κ2) is 9.83. The lowest BCUT2D eigenvalue weighted by Gasteiger charge is -2.15. The van der Waals surface area contributed by atoms with Gasteiger partial charge in [-0.1, -0.05) is 58.7 Å². The van der Waals surface area contributed by atoms with Crippen molar-refractivity contribution in [2.75, 3.05) is 7.05 Å². The summed E-state index contributed by atoms with van der Waals surface area (Å²) >= 11 is 1.78. The van der Waals surface area contributed by atoms with E-state index in [2.05, 4.69) is 41.3 Å². The Morgan fingerprint density at radius 1 is 0.969 bits per heavy atom. The fourth-order valence-electron chi connectivity index (χ4n) is 3.26. The van der Waals surface area contributed by atoms with E-state index in [0.29, 0.717) is 17.3 Å². The van der Waals surface area contributed by atoms with Crippen molar-refractivity contribution in [1.82, 2.24) is 15.0 Å². The van der Waals surface area contributed by atoms with Gasteiger partial charge in [-0.15, -0.1) is 11.8 Å². The highest BCUT2D eigenvalue weighted by molar-refractivity contribution is 7.98. The van der Waals surface area contributed by atoms with Crippen molar-refractivity contribution in [3.63, 3.8) is 0 Å². The number of amides is 1. The maximum absolute atomic E-state index is 12.8. The third-order valence-electron chi connectivity index (χ3n) is 5.09. The van der Waals surface area contributed by atoms with Crippen LogP contribution >= 0.6 is 11.8 Å². The minimum atomic E-state index is -0.0851. The number of carbonyl (C=O) groups excluding carboxylic acids is 1. The Labute approximate surface area is 192 Å². The van der Waals surface area contributed by atoms with E-state index in [0.717, 1.165) is 16.9 Å². The molecule has 0 atom stereocenters. The van der Waals surface area contributed by atoms with Gasteiger partial charge in [0.05, 0.1) is 6.54 Å². The van der Waals surface area contributed by atoms with Gasteiger partial charge in [0.15, 0.2) is 0 Å². The summed E-state index contributed by atoms with van der Waals surface area (Å²) in [5.74, 6) is 1.71. The van der Waals surface area contributed by atoms with Gasteiger partial charge in [-0.2, -0.15) is 4.98 Å². The number of benzene rings is 3. The van der Waals surface area contributed by atoms with E-state index in [1.54, 1.807) is 23.7 Å². The van der Waals surface area contributed by atoms with Crippen LogP contribution < -0.4 is 0 Å². The molecule has 0 radical (unpaired) electrons. The highest BCUT2D eigenvalue weighted by Crippen LogP contribution is 2.23. The molecule has 1 amide bonds. The summed E-state index contributed by atoms with van der Waals surface area (Å²) in [5, 5.41) is 4.05. The summed E-state index contributed by atoms with van der Waals surface area (Å²) in [7, 11) is 1.74. The van der Waals surface area contributed by atoms with E-state index in [1.807, 2.05) is 55.5 Å². The first-order valence-electron chi connectivity index (χ1n) is 10.4. The Morgan fingerprint density at radius 2 is 1.72 bits per heavy atom. The smallest absolute Gasteiger partial charge is 0.254 e. The van der Waals surface area contributed by atoms with Crippen LogP contribution in [-0.4, -0.2) is 28.0 Å². The summed E-state index contributed by atoms with van der Waals surface area (Å²) in [5.41, 5.74) is 5.09. The lowest BCUT2D eigenvalue weighted by Crippen LogP contribution is -2.26. The van der Waals surface area contributed by atoms with Crippen LogP contribution in [0.4, 0.5) is 0 Å². The zero-order valence-corrected chi connectivity index (χ0v) is 19.2. The van der Waals surface area contributed by atoms with Crippen LogP contribution in [0.5, 0.6) is 0 Å². The van der Waals surface area contributed by atoms with E-state index in [9.17, 15) is 4.79 Å². The molecule has 0 bridgehead atoms. The zero-order valence-electron chi connectivity index (χ0n) is 18.4. The summed E-state index contributed by atoms with van der Waals surface area (Å²) < 4.78 is 5.36. The van der Waals surface area contributed by atoms with Gasteiger partial charge in [-0.3, -0.25) is 4.79 Å². The Balaban J connectivity index is 1.35. The average Bonchev–Trinajstić information content (AvgIpc) is 3.27. The van der Waals surface area contributed by atoms with E-state index in [-0.39, 0.29) is 12.5 Å². The van der Waals surface area contributed by atoms with Gasteiger partial charge in [-0.25, -0.2) is 0 Å². The Kier molecular flexibility index (Phi) is 6.71. The van der Waals surface area contributed by atoms with Crippen molar-refractivity contribution in [2.45, 2.75) is 31.0 Å². The molecule has 6 heteroatoms. The molecule has 0 spiro atoms. The molecular weight excluding hydrogens is 418 g/mol. The van der Waals surface area contributed by atoms with Crippen molar-refractivity contribution in [2.24, 2.45) is 0 Å². The first-order chi connectivity index (χ1) is 15.5. The molecule has 0 fully saturated rings. The van der Waals surface area contributed by atoms with Gasteiger partial charge in [0.2, 0.25) is 11.7 Å². The van der Waals surface area contributed by atoms with Gasteiger partial charge < -0.3 is 9.42 Å². The van der Waals surface area contributed by atoms with Crippen LogP contribution in [-0.2, 0) is 12.3 Å². The molecule has 0 aliphatic carbocycles. The molecule has 0 aliphatic rings. The molecule has 1 heterocycles. The predicted molar refractivity (Wildman–Crippen MR) is 127 cm³/mol. The third kappa shape index (κ3) is 5.45. The number of thioether (sulfide) groups is 1. The number of carbonyl (C=O) groups is 1. The van der Waals surface area contributed by atoms with Crippen LogP contribution in [0.3, 0.4) is 0 Å². The summed E-state index contributed by atoms with van der Waals surface area (Å²) in [4.78, 5) is 20.1. The fourth-order valence-corrected chi connectivity index (χ4v) is 4.11. The molecule has 4 rings (SSSR count). The summed E-state index contributed by atoms with van der Waals surface area (Å²) in [6.45, 7) is 4.36. The van der Waals surface area contributed by atoms with Crippen molar-refractivity contribution < 1.29 is 9.32 Å². The average molecular weight is 444 g/mol. The third-order valence-corrected chi connectivity index (χ3v) is 6.17. The van der Waals surface area contributed by atoms with E-state index < -0.39 is 0 Å². The standard InChI is InChI=1S/C26H25N3O2S/c1-18-7-13-23(14-8-18)32-17-20-9-11-21(12-10-20)26(30)29(3)16-24-27-25(28-31-24)22-6-4-5-19(2)15-22/h4-15H,16-17H2,1-3H3. The highest BCUT2D eigenvalue weighted by atomic mass is 32.2. The van der Waals surface area contributed by atoms with Crippen LogP contribution in [0.2, 0.25) is 0 Å². The molecule has 0 unspecified atom stereocenters. The van der Waals surface area contributed by atoms with Crippen LogP contribution in [0, 0.1) is 13.8 Å². The highest BCUT2D eigenvalue weighted by Gasteiger charge is 2.16. The lowest BCUT2D eigenvalue weighted by atomic mass is 10.1. The number of hydrogen-bond donors (Lipinski definition) is 0. The summed E-state index contributed by atoms with van der Waals surface area (Å²) in [6, 6.07) is 24.2. The molecule has 0 saturated carbocycles. The summed E-state index contributed by atoms with van der Waals surface area (Å²) in [6.07, 6.45) is 0. The van der Waals surface area contributed by atoms with Crippen molar-refractivity contribution >= 4 is 17.7 Å². The van der Waals surface area contributed by atoms with Gasteiger partial charge in [0, 0.05) is 28.8 Å². The fraction of sp³-hybridized carbons (Fsp3) is 0.192. The largest absolute Gasteiger partial charge is 0.337 e. The van der Waals surface area contributed by atoms with Gasteiger partial charge in [-0.05, 0) is 49.7 Å². The Hall–Kier alpha value is -3.38. The van der Waals surface area contributed by atoms with Gasteiger partial charge >= 0.3 is 0 Å². The van der Waals surface area contributed by atoms with Crippen LogP contribution in [0.25, 0.3) is 11.4 Å². The molecule has 0 aliphatic heterocycles. The first-order valence-corrected chi connectivity index (χ1v) is 11.4. The lowest BCUT2D eigenvalue weighted by molar-refractivity contribution is 0.0769. The number of aryl methyl sites for hydroxylation is 2. The van der Waals surface area contributed by atoms with E-state index in [1.165, 1.54) is 16.0 Å². The van der Waals surface area contributed by atoms with Crippen molar-refractivity contribution in [3.05, 3.63) is 101 Å². The van der Waals surface area contributed by atoms with Crippen molar-refractivity contribution in [3.8, 4) is 11.4 Å². The number of rotatable bonds is 7. The van der Waals surface area contributed by atoms with Crippen LogP contribution in [0.15, 0.2) is 82.2 Å². The monoisotopic (exact) mass is 443 g/mol. The molecule has 3 aromatic carbocycles. The number of aromatic nitrogens is 2. The molecule has 1 aromatic heterocycles. The topological polar surface area (TPSA) is 59.2 Å². The second-order valence-electron chi connectivity index (χ2n) is 7.84. The molecule has 32 heavy (non-hydrogen) atoms. The maximum atomic E-state index is 12.8. The quantitative estimate of drug-likeness (QED) is 0.332. The number of hydrogen-bond acceptors (Lipinski definition) is 5. The normalized spacial score (nSPS) is 10.8. The molecule has 5 nitrogen and oxygen atoms in total. The maximum Gasteiger partial charge on any atom is 0.254 e. The minimum Gasteiger partial charge on any atom is -0.337 e. The molecule has 162 valence electrons. The van der Waals surface area contributed by atoms with Crippen LogP contribution in [0.1, 0.15) is 32.9 Å². The Morgan fingerprint density at radius 3 is 2.44 bits per heavy atom. The first kappa shape index (κ1) is 21.8. The van der Waals surface area contributed by atoms with Gasteiger partial charge in [0.25, 0.3) is 5.91 Å². The molecule has 4 aromatic rings. The van der Waals surface area contributed by atoms with E-state index in [4.69, 9.17) is 4.52 Å². The zero-order chi connectivity index (χ0) is 22.5. The number of nitrogens with zero attached hydrogens (tertiary/aromatic N) is 3. The minimum absolute atomic E-state index is 0.0851.